The van der Waals surface area contributed by atoms with Crippen LogP contribution in [0.15, 0.2) is 34.1 Å². The fourth-order valence-corrected chi connectivity index (χ4v) is 10.2. The van der Waals surface area contributed by atoms with Gasteiger partial charge in [-0.25, -0.2) is 0 Å². The van der Waals surface area contributed by atoms with Crippen molar-refractivity contribution < 1.29 is 27.2 Å². The fraction of sp³-hybridized carbons (Fsp3) is 0.647. The molecule has 0 atom stereocenters. The van der Waals surface area contributed by atoms with Crippen molar-refractivity contribution in [3.63, 3.8) is 0 Å². The molecule has 1 aromatic carbocycles. The van der Waals surface area contributed by atoms with Crippen LogP contribution >= 0.6 is 38.7 Å². The molecule has 0 aliphatic rings. The lowest BCUT2D eigenvalue weighted by Crippen LogP contribution is -2.15. The topological polar surface area (TPSA) is 71.1 Å². The molecule has 0 unspecified atom stereocenters. The molecule has 0 saturated carbocycles. The molecular formula is C17H30O6P2S2. The van der Waals surface area contributed by atoms with Crippen LogP contribution in [0.3, 0.4) is 0 Å². The highest BCUT2D eigenvalue weighted by Gasteiger charge is 2.51. The molecule has 0 aliphatic carbocycles. The predicted molar refractivity (Wildman–Crippen MR) is 114 cm³/mol. The van der Waals surface area contributed by atoms with Crippen LogP contribution in [0.25, 0.3) is 0 Å². The molecular weight excluding hydrogens is 426 g/mol. The molecule has 6 nitrogen and oxygen atoms in total. The third kappa shape index (κ3) is 7.52. The Morgan fingerprint density at radius 2 is 1.11 bits per heavy atom. The van der Waals surface area contributed by atoms with Crippen LogP contribution < -0.4 is 0 Å². The first-order valence-electron chi connectivity index (χ1n) is 9.06. The number of hydrogen-bond acceptors (Lipinski definition) is 8. The summed E-state index contributed by atoms with van der Waals surface area (Å²) in [6.07, 6.45) is 0. The molecule has 27 heavy (non-hydrogen) atoms. The van der Waals surface area contributed by atoms with Gasteiger partial charge in [0, 0.05) is 9.79 Å². The van der Waals surface area contributed by atoms with Gasteiger partial charge in [-0.3, -0.25) is 9.13 Å². The number of rotatable bonds is 14. The van der Waals surface area contributed by atoms with Crippen LogP contribution in [-0.2, 0) is 27.2 Å². The lowest BCUT2D eigenvalue weighted by molar-refractivity contribution is 0.203. The highest BCUT2D eigenvalue weighted by molar-refractivity contribution is 8.12. The van der Waals surface area contributed by atoms with Crippen LogP contribution in [0.4, 0.5) is 0 Å². The second kappa shape index (κ2) is 12.7. The SMILES string of the molecule is CCOP(=O)(OCC)C(Sc1ccc(SCC)cc1)P(=O)(OCC)OCC. The maximum absolute atomic E-state index is 13.5. The first-order valence-corrected chi connectivity index (χ1v) is 14.1. The minimum absolute atomic E-state index is 0.165. The van der Waals surface area contributed by atoms with Gasteiger partial charge in [0.25, 0.3) is 0 Å². The van der Waals surface area contributed by atoms with Gasteiger partial charge in [0.15, 0.2) is 0 Å². The van der Waals surface area contributed by atoms with Crippen molar-refractivity contribution in [1.82, 2.24) is 0 Å². The van der Waals surface area contributed by atoms with Crippen LogP contribution in [0, 0.1) is 0 Å². The monoisotopic (exact) mass is 456 g/mol. The lowest BCUT2D eigenvalue weighted by Gasteiger charge is -2.30. The molecule has 0 spiro atoms. The van der Waals surface area contributed by atoms with Crippen LogP contribution in [0.2, 0.25) is 0 Å². The Kier molecular flexibility index (Phi) is 11.9. The fourth-order valence-electron chi connectivity index (χ4n) is 2.25. The van der Waals surface area contributed by atoms with Crippen molar-refractivity contribution in [2.45, 2.75) is 49.1 Å². The standard InChI is InChI=1S/C17H30O6P2S2/c1-6-20-24(18,21-7-2)17(25(19,22-8-3)23-9-4)27-16-13-11-15(12-14-16)26-10-5/h11-14,17H,6-10H2,1-5H3. The van der Waals surface area contributed by atoms with Crippen molar-refractivity contribution in [2.24, 2.45) is 0 Å². The molecule has 0 bridgehead atoms. The summed E-state index contributed by atoms with van der Waals surface area (Å²) in [5, 5.41) is 0. The summed E-state index contributed by atoms with van der Waals surface area (Å²) in [7, 11) is -7.51. The number of thioether (sulfide) groups is 2. The van der Waals surface area contributed by atoms with Gasteiger partial charge in [-0.15, -0.1) is 11.8 Å². The van der Waals surface area contributed by atoms with E-state index in [1.807, 2.05) is 24.3 Å². The van der Waals surface area contributed by atoms with E-state index in [9.17, 15) is 9.13 Å². The third-order valence-electron chi connectivity index (χ3n) is 3.15. The smallest absolute Gasteiger partial charge is 0.308 e. The summed E-state index contributed by atoms with van der Waals surface area (Å²) < 4.78 is 47.8. The van der Waals surface area contributed by atoms with Crippen molar-refractivity contribution >= 4 is 38.7 Å². The van der Waals surface area contributed by atoms with Gasteiger partial charge in [0.05, 0.1) is 26.4 Å². The Bertz CT molecular complexity index is 591. The van der Waals surface area contributed by atoms with Gasteiger partial charge in [-0.05, 0) is 57.7 Å². The van der Waals surface area contributed by atoms with Crippen LogP contribution in [0.5, 0.6) is 0 Å². The van der Waals surface area contributed by atoms with Gasteiger partial charge in [0.1, 0.15) is 0 Å². The van der Waals surface area contributed by atoms with Gasteiger partial charge < -0.3 is 18.1 Å². The van der Waals surface area contributed by atoms with E-state index < -0.39 is 19.9 Å². The molecule has 0 N–H and O–H groups in total. The molecule has 156 valence electrons. The summed E-state index contributed by atoms with van der Waals surface area (Å²) in [4.78, 5) is 1.92. The second-order valence-corrected chi connectivity index (χ2v) is 12.9. The summed E-state index contributed by atoms with van der Waals surface area (Å²) in [6, 6.07) is 7.76. The maximum Gasteiger partial charge on any atom is 0.356 e. The molecule has 0 aromatic heterocycles. The zero-order chi connectivity index (χ0) is 20.3. The lowest BCUT2D eigenvalue weighted by atomic mass is 10.4. The number of hydrogen-bond donors (Lipinski definition) is 0. The van der Waals surface area contributed by atoms with Crippen LogP contribution in [0.1, 0.15) is 34.6 Å². The first-order chi connectivity index (χ1) is 12.9. The summed E-state index contributed by atoms with van der Waals surface area (Å²) >= 11 is 2.88. The Morgan fingerprint density at radius 1 is 0.741 bits per heavy atom. The zero-order valence-electron chi connectivity index (χ0n) is 16.6. The second-order valence-electron chi connectivity index (χ2n) is 5.10. The average Bonchev–Trinajstić information content (AvgIpc) is 2.62. The van der Waals surface area contributed by atoms with E-state index in [0.29, 0.717) is 0 Å². The third-order valence-corrected chi connectivity index (χ3v) is 12.2. The molecule has 0 radical (unpaired) electrons. The van der Waals surface area contributed by atoms with Gasteiger partial charge in [-0.1, -0.05) is 18.7 Å². The van der Waals surface area contributed by atoms with Crippen molar-refractivity contribution in [3.8, 4) is 0 Å². The first kappa shape index (κ1) is 25.3. The Morgan fingerprint density at radius 3 is 1.44 bits per heavy atom. The number of benzene rings is 1. The summed E-state index contributed by atoms with van der Waals surface area (Å²) in [6.45, 7) is 9.62. The molecule has 0 aliphatic heterocycles. The van der Waals surface area contributed by atoms with Gasteiger partial charge >= 0.3 is 15.2 Å². The van der Waals surface area contributed by atoms with E-state index in [1.165, 1.54) is 0 Å². The molecule has 10 heteroatoms. The highest BCUT2D eigenvalue weighted by atomic mass is 32.2. The van der Waals surface area contributed by atoms with Crippen LogP contribution in [-0.4, -0.2) is 36.9 Å². The predicted octanol–water partition coefficient (Wildman–Crippen LogP) is 6.71. The molecule has 0 heterocycles. The maximum atomic E-state index is 13.5. The molecule has 1 rings (SSSR count). The van der Waals surface area contributed by atoms with E-state index in [4.69, 9.17) is 18.1 Å². The quantitative estimate of drug-likeness (QED) is 0.226. The summed E-state index contributed by atoms with van der Waals surface area (Å²) in [5.74, 6) is 0.975. The molecule has 1 aromatic rings. The normalized spacial score (nSPS) is 12.7. The minimum Gasteiger partial charge on any atom is -0.308 e. The van der Waals surface area contributed by atoms with E-state index in [-0.39, 0.29) is 26.4 Å². The van der Waals surface area contributed by atoms with Crippen molar-refractivity contribution in [2.75, 3.05) is 32.2 Å². The Hall–Kier alpha value is 0.220. The summed E-state index contributed by atoms with van der Waals surface area (Å²) in [5.41, 5.74) is 0. The van der Waals surface area contributed by atoms with E-state index in [0.717, 1.165) is 27.3 Å². The van der Waals surface area contributed by atoms with Gasteiger partial charge in [0.2, 0.25) is 4.73 Å². The van der Waals surface area contributed by atoms with Gasteiger partial charge in [-0.2, -0.15) is 0 Å². The highest BCUT2D eigenvalue weighted by Crippen LogP contribution is 2.74. The van der Waals surface area contributed by atoms with E-state index in [2.05, 4.69) is 6.92 Å². The molecule has 0 fully saturated rings. The Balaban J connectivity index is 3.30. The van der Waals surface area contributed by atoms with E-state index in [1.54, 1.807) is 39.5 Å². The van der Waals surface area contributed by atoms with E-state index >= 15 is 0 Å². The Labute approximate surface area is 171 Å². The largest absolute Gasteiger partial charge is 0.356 e. The molecule has 0 amide bonds. The average molecular weight is 457 g/mol. The van der Waals surface area contributed by atoms with Crippen molar-refractivity contribution in [3.05, 3.63) is 24.3 Å². The minimum atomic E-state index is -3.76. The zero-order valence-corrected chi connectivity index (χ0v) is 20.0. The van der Waals surface area contributed by atoms with Crippen molar-refractivity contribution in [1.29, 1.82) is 0 Å². The molecule has 0 saturated heterocycles.